The summed E-state index contributed by atoms with van der Waals surface area (Å²) in [5.41, 5.74) is 0. The minimum Gasteiger partial charge on any atom is -0.480 e. The van der Waals surface area contributed by atoms with Crippen molar-refractivity contribution in [2.75, 3.05) is 5.75 Å². The fourth-order valence-electron chi connectivity index (χ4n) is 1.73. The molecule has 126 valence electrons. The largest absolute Gasteiger partial charge is 0.480 e. The van der Waals surface area contributed by atoms with Crippen molar-refractivity contribution in [3.63, 3.8) is 0 Å². The molecule has 0 bridgehead atoms. The van der Waals surface area contributed by atoms with Gasteiger partial charge in [-0.15, -0.1) is 11.8 Å². The fraction of sp³-hybridized carbons (Fsp3) is 0.632. The average molecular weight is 325 g/mol. The molecule has 0 saturated heterocycles. The van der Waals surface area contributed by atoms with Gasteiger partial charge in [0.2, 0.25) is 0 Å². The van der Waals surface area contributed by atoms with Crippen LogP contribution in [0.4, 0.5) is 0 Å². The van der Waals surface area contributed by atoms with Crippen molar-refractivity contribution >= 4 is 17.7 Å². The molecule has 0 aliphatic heterocycles. The molecular formula is C19H32O2S. The van der Waals surface area contributed by atoms with Gasteiger partial charge in [0.05, 0.1) is 0 Å². The number of aliphatic carboxylic acids is 1. The van der Waals surface area contributed by atoms with Gasteiger partial charge in [-0.25, -0.2) is 0 Å². The van der Waals surface area contributed by atoms with Crippen LogP contribution in [0, 0.1) is 0 Å². The third-order valence-corrected chi connectivity index (χ3v) is 4.62. The van der Waals surface area contributed by atoms with Gasteiger partial charge in [-0.1, -0.05) is 56.2 Å². The van der Waals surface area contributed by atoms with Crippen molar-refractivity contribution in [3.8, 4) is 0 Å². The molecule has 22 heavy (non-hydrogen) atoms. The standard InChI is InChI=1S/C19H32O2S/c1-4-5-6-7-8-9-10-11-12-13-14-15-16-17-22-19(2,3)18(20)21/h8-9,11-12,14-15H,4-7,10,13,16-17H2,1-3H3,(H,20,21)/b9-8-,12-11-,15-14-. The third-order valence-electron chi connectivity index (χ3n) is 3.28. The minimum absolute atomic E-state index is 0.683. The predicted molar refractivity (Wildman–Crippen MR) is 99.6 cm³/mol. The molecule has 0 saturated carbocycles. The van der Waals surface area contributed by atoms with Crippen LogP contribution in [0.1, 0.15) is 65.7 Å². The van der Waals surface area contributed by atoms with Crippen LogP contribution in [0.5, 0.6) is 0 Å². The van der Waals surface area contributed by atoms with Crippen molar-refractivity contribution in [1.29, 1.82) is 0 Å². The van der Waals surface area contributed by atoms with E-state index in [1.807, 2.05) is 0 Å². The first-order valence-corrected chi connectivity index (χ1v) is 9.31. The molecule has 0 unspecified atom stereocenters. The zero-order valence-electron chi connectivity index (χ0n) is 14.4. The highest BCUT2D eigenvalue weighted by molar-refractivity contribution is 8.01. The van der Waals surface area contributed by atoms with Crippen molar-refractivity contribution in [1.82, 2.24) is 0 Å². The Balaban J connectivity index is 3.54. The molecule has 0 spiro atoms. The number of thioether (sulfide) groups is 1. The van der Waals surface area contributed by atoms with E-state index in [-0.39, 0.29) is 0 Å². The summed E-state index contributed by atoms with van der Waals surface area (Å²) < 4.78 is -0.683. The zero-order valence-corrected chi connectivity index (χ0v) is 15.2. The topological polar surface area (TPSA) is 37.3 Å². The van der Waals surface area contributed by atoms with E-state index in [4.69, 9.17) is 5.11 Å². The summed E-state index contributed by atoms with van der Waals surface area (Å²) in [5, 5.41) is 8.99. The molecule has 0 heterocycles. The number of carboxylic acid groups (broad SMARTS) is 1. The zero-order chi connectivity index (χ0) is 16.7. The Labute approximate surface area is 140 Å². The van der Waals surface area contributed by atoms with E-state index in [1.165, 1.54) is 37.4 Å². The summed E-state index contributed by atoms with van der Waals surface area (Å²) in [7, 11) is 0. The Morgan fingerprint density at radius 3 is 2.05 bits per heavy atom. The van der Waals surface area contributed by atoms with Crippen molar-refractivity contribution in [2.24, 2.45) is 0 Å². The molecule has 3 heteroatoms. The quantitative estimate of drug-likeness (QED) is 0.333. The number of unbranched alkanes of at least 4 members (excludes halogenated alkanes) is 3. The second-order valence-electron chi connectivity index (χ2n) is 5.83. The molecule has 1 N–H and O–H groups in total. The first kappa shape index (κ1) is 21.0. The van der Waals surface area contributed by atoms with Gasteiger partial charge in [0, 0.05) is 0 Å². The summed E-state index contributed by atoms with van der Waals surface area (Å²) in [6, 6.07) is 0. The van der Waals surface area contributed by atoms with Gasteiger partial charge < -0.3 is 5.11 Å². The molecule has 0 rings (SSSR count). The Kier molecular flexibility index (Phi) is 13.1. The lowest BCUT2D eigenvalue weighted by atomic mass is 10.2. The van der Waals surface area contributed by atoms with Gasteiger partial charge >= 0.3 is 5.97 Å². The lowest BCUT2D eigenvalue weighted by Crippen LogP contribution is -2.27. The highest BCUT2D eigenvalue weighted by atomic mass is 32.2. The number of hydrogen-bond donors (Lipinski definition) is 1. The van der Waals surface area contributed by atoms with Crippen molar-refractivity contribution < 1.29 is 9.90 Å². The SMILES string of the molecule is CCCCC/C=C\C/C=C\C/C=C\CCSC(C)(C)C(=O)O. The maximum atomic E-state index is 10.9. The summed E-state index contributed by atoms with van der Waals surface area (Å²) in [4.78, 5) is 10.9. The second-order valence-corrected chi connectivity index (χ2v) is 7.55. The van der Waals surface area contributed by atoms with Gasteiger partial charge in [0.1, 0.15) is 4.75 Å². The van der Waals surface area contributed by atoms with Gasteiger partial charge in [-0.2, -0.15) is 0 Å². The maximum absolute atomic E-state index is 10.9. The molecule has 0 radical (unpaired) electrons. The van der Waals surface area contributed by atoms with E-state index in [0.717, 1.165) is 25.0 Å². The number of allylic oxidation sites excluding steroid dienone is 6. The van der Waals surface area contributed by atoms with Crippen LogP contribution in [-0.2, 0) is 4.79 Å². The molecule has 0 aliphatic rings. The van der Waals surface area contributed by atoms with E-state index >= 15 is 0 Å². The van der Waals surface area contributed by atoms with E-state index in [0.29, 0.717) is 0 Å². The highest BCUT2D eigenvalue weighted by Crippen LogP contribution is 2.25. The molecule has 0 fully saturated rings. The smallest absolute Gasteiger partial charge is 0.319 e. The van der Waals surface area contributed by atoms with Crippen molar-refractivity contribution in [2.45, 2.75) is 70.5 Å². The number of carboxylic acids is 1. The highest BCUT2D eigenvalue weighted by Gasteiger charge is 2.26. The third kappa shape index (κ3) is 12.8. The van der Waals surface area contributed by atoms with E-state index in [1.54, 1.807) is 13.8 Å². The summed E-state index contributed by atoms with van der Waals surface area (Å²) in [5.74, 6) is 0.104. The Hall–Kier alpha value is -0.960. The molecule has 0 aliphatic carbocycles. The van der Waals surface area contributed by atoms with Crippen LogP contribution in [0.3, 0.4) is 0 Å². The van der Waals surface area contributed by atoms with Crippen LogP contribution in [0.15, 0.2) is 36.5 Å². The number of hydrogen-bond acceptors (Lipinski definition) is 2. The molecule has 0 aromatic carbocycles. The predicted octanol–water partition coefficient (Wildman–Crippen LogP) is 6.00. The van der Waals surface area contributed by atoms with E-state index in [9.17, 15) is 4.79 Å². The Morgan fingerprint density at radius 1 is 0.955 bits per heavy atom. The monoisotopic (exact) mass is 324 g/mol. The fourth-order valence-corrected chi connectivity index (χ4v) is 2.62. The number of rotatable bonds is 13. The number of carbonyl (C=O) groups is 1. The summed E-state index contributed by atoms with van der Waals surface area (Å²) >= 11 is 1.49. The molecule has 0 atom stereocenters. The molecule has 0 aromatic heterocycles. The van der Waals surface area contributed by atoms with Crippen LogP contribution in [0.25, 0.3) is 0 Å². The molecule has 0 amide bonds. The van der Waals surface area contributed by atoms with Crippen LogP contribution in [0.2, 0.25) is 0 Å². The average Bonchev–Trinajstić information content (AvgIpc) is 2.47. The first-order chi connectivity index (χ1) is 10.5. The van der Waals surface area contributed by atoms with Gasteiger partial charge in [-0.3, -0.25) is 4.79 Å². The molecule has 0 aromatic rings. The van der Waals surface area contributed by atoms with Gasteiger partial charge in [0.15, 0.2) is 0 Å². The Bertz CT molecular complexity index is 368. The van der Waals surface area contributed by atoms with E-state index in [2.05, 4.69) is 43.4 Å². The van der Waals surface area contributed by atoms with Crippen LogP contribution < -0.4 is 0 Å². The second kappa shape index (κ2) is 13.7. The molecular weight excluding hydrogens is 292 g/mol. The van der Waals surface area contributed by atoms with Crippen LogP contribution >= 0.6 is 11.8 Å². The maximum Gasteiger partial charge on any atom is 0.319 e. The first-order valence-electron chi connectivity index (χ1n) is 8.33. The lowest BCUT2D eigenvalue weighted by Gasteiger charge is -2.17. The normalized spacial score (nSPS) is 12.9. The minimum atomic E-state index is -0.743. The van der Waals surface area contributed by atoms with Gasteiger partial charge in [-0.05, 0) is 51.7 Å². The molecule has 2 nitrogen and oxygen atoms in total. The van der Waals surface area contributed by atoms with Crippen molar-refractivity contribution in [3.05, 3.63) is 36.5 Å². The van der Waals surface area contributed by atoms with E-state index < -0.39 is 10.7 Å². The summed E-state index contributed by atoms with van der Waals surface area (Å²) in [6.45, 7) is 5.73. The van der Waals surface area contributed by atoms with Crippen LogP contribution in [-0.4, -0.2) is 21.6 Å². The van der Waals surface area contributed by atoms with Gasteiger partial charge in [0.25, 0.3) is 0 Å². The Morgan fingerprint density at radius 2 is 1.50 bits per heavy atom. The lowest BCUT2D eigenvalue weighted by molar-refractivity contribution is -0.138. The summed E-state index contributed by atoms with van der Waals surface area (Å²) in [6.07, 6.45) is 21.2.